The SMILES string of the molecule is CCC(c1cccc(O)c1)C(C)C(C[C@@H](C(=O)O)c1cccc(C(=O)c2ccccc2)c1)N(C)C. The fraction of sp³-hybridized carbons (Fsp3) is 0.333. The first-order valence-corrected chi connectivity index (χ1v) is 12.1. The molecule has 0 saturated carbocycles. The molecule has 3 unspecified atom stereocenters. The van der Waals surface area contributed by atoms with E-state index in [0.29, 0.717) is 23.1 Å². The van der Waals surface area contributed by atoms with Gasteiger partial charge in [-0.3, -0.25) is 9.59 Å². The average molecular weight is 474 g/mol. The van der Waals surface area contributed by atoms with E-state index >= 15 is 0 Å². The smallest absolute Gasteiger partial charge is 0.311 e. The summed E-state index contributed by atoms with van der Waals surface area (Å²) in [6, 6.07) is 23.3. The quantitative estimate of drug-likeness (QED) is 0.337. The minimum atomic E-state index is -0.904. The minimum Gasteiger partial charge on any atom is -0.508 e. The number of nitrogens with zero attached hydrogens (tertiary/aromatic N) is 1. The molecule has 3 aromatic carbocycles. The van der Waals surface area contributed by atoms with Gasteiger partial charge in [-0.05, 0) is 68.1 Å². The van der Waals surface area contributed by atoms with Gasteiger partial charge in [0.15, 0.2) is 5.78 Å². The highest BCUT2D eigenvalue weighted by molar-refractivity contribution is 6.09. The third-order valence-electron chi connectivity index (χ3n) is 7.01. The standard InChI is InChI=1S/C30H35NO4/c1-5-26(23-14-10-16-25(32)18-23)20(2)28(31(3)4)19-27(30(34)35)22-13-9-15-24(17-22)29(33)21-11-7-6-8-12-21/h6-18,20,26-28,32H,5,19H2,1-4H3,(H,34,35)/t20?,26?,27-,28?/m1/s1. The first-order chi connectivity index (χ1) is 16.7. The lowest BCUT2D eigenvalue weighted by Gasteiger charge is -2.37. The van der Waals surface area contributed by atoms with Gasteiger partial charge in [0.05, 0.1) is 5.92 Å². The van der Waals surface area contributed by atoms with E-state index in [9.17, 15) is 19.8 Å². The highest BCUT2D eigenvalue weighted by Gasteiger charge is 2.33. The van der Waals surface area contributed by atoms with Gasteiger partial charge in [-0.1, -0.05) is 74.5 Å². The average Bonchev–Trinajstić information content (AvgIpc) is 2.84. The molecule has 4 atom stereocenters. The molecule has 0 aliphatic rings. The maximum Gasteiger partial charge on any atom is 0.311 e. The van der Waals surface area contributed by atoms with Gasteiger partial charge in [0.25, 0.3) is 0 Å². The van der Waals surface area contributed by atoms with Crippen LogP contribution >= 0.6 is 0 Å². The summed E-state index contributed by atoms with van der Waals surface area (Å²) in [4.78, 5) is 27.5. The molecule has 0 aliphatic heterocycles. The predicted molar refractivity (Wildman–Crippen MR) is 139 cm³/mol. The number of rotatable bonds is 11. The van der Waals surface area contributed by atoms with Gasteiger partial charge in [0, 0.05) is 17.2 Å². The van der Waals surface area contributed by atoms with Crippen molar-refractivity contribution < 1.29 is 19.8 Å². The van der Waals surface area contributed by atoms with E-state index in [1.807, 2.05) is 44.4 Å². The topological polar surface area (TPSA) is 77.8 Å². The third kappa shape index (κ3) is 6.37. The zero-order chi connectivity index (χ0) is 25.5. The monoisotopic (exact) mass is 473 g/mol. The van der Waals surface area contributed by atoms with Crippen LogP contribution in [0.4, 0.5) is 0 Å². The number of carboxylic acids is 1. The summed E-state index contributed by atoms with van der Waals surface area (Å²) in [6.45, 7) is 4.27. The second-order valence-corrected chi connectivity index (χ2v) is 9.45. The molecular formula is C30H35NO4. The summed E-state index contributed by atoms with van der Waals surface area (Å²) < 4.78 is 0. The van der Waals surface area contributed by atoms with E-state index in [4.69, 9.17) is 0 Å². The zero-order valence-corrected chi connectivity index (χ0v) is 20.9. The Hall–Kier alpha value is -3.44. The number of benzene rings is 3. The van der Waals surface area contributed by atoms with Crippen LogP contribution in [0.3, 0.4) is 0 Å². The van der Waals surface area contributed by atoms with Crippen molar-refractivity contribution in [2.24, 2.45) is 5.92 Å². The largest absolute Gasteiger partial charge is 0.508 e. The molecule has 0 aromatic heterocycles. The van der Waals surface area contributed by atoms with E-state index in [2.05, 4.69) is 18.7 Å². The molecule has 2 N–H and O–H groups in total. The second kappa shape index (κ2) is 11.8. The number of aromatic hydroxyl groups is 1. The minimum absolute atomic E-state index is 0.0307. The fourth-order valence-electron chi connectivity index (χ4n) is 5.10. The molecule has 35 heavy (non-hydrogen) atoms. The molecular weight excluding hydrogens is 438 g/mol. The van der Waals surface area contributed by atoms with Crippen LogP contribution in [-0.2, 0) is 4.79 Å². The normalized spacial score (nSPS) is 14.8. The third-order valence-corrected chi connectivity index (χ3v) is 7.01. The van der Waals surface area contributed by atoms with Crippen molar-refractivity contribution in [2.45, 2.75) is 44.6 Å². The van der Waals surface area contributed by atoms with Crippen molar-refractivity contribution in [1.82, 2.24) is 4.90 Å². The Labute approximate surface area is 208 Å². The number of carbonyl (C=O) groups excluding carboxylic acids is 1. The molecule has 0 saturated heterocycles. The van der Waals surface area contributed by atoms with Gasteiger partial charge in [-0.25, -0.2) is 0 Å². The molecule has 3 rings (SSSR count). The van der Waals surface area contributed by atoms with Gasteiger partial charge < -0.3 is 15.1 Å². The number of phenolic OH excluding ortho intramolecular Hbond substituents is 1. The first kappa shape index (κ1) is 26.2. The number of ketones is 1. The van der Waals surface area contributed by atoms with Gasteiger partial charge in [-0.15, -0.1) is 0 Å². The van der Waals surface area contributed by atoms with Gasteiger partial charge >= 0.3 is 5.97 Å². The Morgan fingerprint density at radius 2 is 1.49 bits per heavy atom. The van der Waals surface area contributed by atoms with Crippen LogP contribution in [0.15, 0.2) is 78.9 Å². The summed E-state index contributed by atoms with van der Waals surface area (Å²) >= 11 is 0. The first-order valence-electron chi connectivity index (χ1n) is 12.1. The Bertz CT molecular complexity index is 1140. The molecule has 0 heterocycles. The molecule has 0 aliphatic carbocycles. The van der Waals surface area contributed by atoms with Crippen molar-refractivity contribution in [2.75, 3.05) is 14.1 Å². The number of carbonyl (C=O) groups is 2. The van der Waals surface area contributed by atoms with Crippen LogP contribution in [0.1, 0.15) is 65.6 Å². The van der Waals surface area contributed by atoms with Crippen LogP contribution in [0, 0.1) is 5.92 Å². The van der Waals surface area contributed by atoms with Crippen LogP contribution in [0.25, 0.3) is 0 Å². The summed E-state index contributed by atoms with van der Waals surface area (Å²) in [5.74, 6) is -1.25. The summed E-state index contributed by atoms with van der Waals surface area (Å²) in [5, 5.41) is 20.2. The summed E-state index contributed by atoms with van der Waals surface area (Å²) in [5.41, 5.74) is 2.74. The molecule has 184 valence electrons. The molecule has 0 fully saturated rings. The van der Waals surface area contributed by atoms with Crippen LogP contribution in [0.5, 0.6) is 5.75 Å². The van der Waals surface area contributed by atoms with E-state index in [-0.39, 0.29) is 29.4 Å². The highest BCUT2D eigenvalue weighted by atomic mass is 16.4. The predicted octanol–water partition coefficient (Wildman–Crippen LogP) is 5.94. The number of hydrogen-bond donors (Lipinski definition) is 2. The molecule has 5 heteroatoms. The molecule has 0 radical (unpaired) electrons. The van der Waals surface area contributed by atoms with Crippen LogP contribution < -0.4 is 0 Å². The van der Waals surface area contributed by atoms with Crippen molar-refractivity contribution in [1.29, 1.82) is 0 Å². The number of phenols is 1. The van der Waals surface area contributed by atoms with Crippen molar-refractivity contribution in [3.05, 3.63) is 101 Å². The van der Waals surface area contributed by atoms with E-state index < -0.39 is 11.9 Å². The lowest BCUT2D eigenvalue weighted by molar-refractivity contribution is -0.139. The van der Waals surface area contributed by atoms with Crippen molar-refractivity contribution in [3.63, 3.8) is 0 Å². The number of carboxylic acid groups (broad SMARTS) is 1. The maximum absolute atomic E-state index is 13.0. The molecule has 0 amide bonds. The van der Waals surface area contributed by atoms with Crippen LogP contribution in [-0.4, -0.2) is 47.0 Å². The van der Waals surface area contributed by atoms with Crippen molar-refractivity contribution in [3.8, 4) is 5.75 Å². The maximum atomic E-state index is 13.0. The lowest BCUT2D eigenvalue weighted by Crippen LogP contribution is -2.39. The lowest BCUT2D eigenvalue weighted by atomic mass is 9.76. The molecule has 0 bridgehead atoms. The molecule has 3 aromatic rings. The van der Waals surface area contributed by atoms with E-state index in [0.717, 1.165) is 12.0 Å². The van der Waals surface area contributed by atoms with E-state index in [1.165, 1.54) is 0 Å². The van der Waals surface area contributed by atoms with Gasteiger partial charge in [0.1, 0.15) is 5.75 Å². The highest BCUT2D eigenvalue weighted by Crippen LogP contribution is 2.37. The summed E-state index contributed by atoms with van der Waals surface area (Å²) in [7, 11) is 3.95. The zero-order valence-electron chi connectivity index (χ0n) is 20.9. The Morgan fingerprint density at radius 3 is 2.09 bits per heavy atom. The van der Waals surface area contributed by atoms with Crippen molar-refractivity contribution >= 4 is 11.8 Å². The van der Waals surface area contributed by atoms with Gasteiger partial charge in [0.2, 0.25) is 0 Å². The number of aliphatic carboxylic acids is 1. The summed E-state index contributed by atoms with van der Waals surface area (Å²) in [6.07, 6.45) is 1.27. The Balaban J connectivity index is 1.90. The second-order valence-electron chi connectivity index (χ2n) is 9.45. The molecule has 5 nitrogen and oxygen atoms in total. The fourth-order valence-corrected chi connectivity index (χ4v) is 5.10. The molecule has 0 spiro atoms. The number of hydrogen-bond acceptors (Lipinski definition) is 4. The van der Waals surface area contributed by atoms with Gasteiger partial charge in [-0.2, -0.15) is 0 Å². The Kier molecular flexibility index (Phi) is 8.83. The Morgan fingerprint density at radius 1 is 0.857 bits per heavy atom. The van der Waals surface area contributed by atoms with E-state index in [1.54, 1.807) is 48.5 Å². The van der Waals surface area contributed by atoms with Crippen LogP contribution in [0.2, 0.25) is 0 Å².